The molecule has 35 heavy (non-hydrogen) atoms. The smallest absolute Gasteiger partial charge is 0.339 e. The van der Waals surface area contributed by atoms with Crippen molar-refractivity contribution >= 4 is 38.5 Å². The van der Waals surface area contributed by atoms with Gasteiger partial charge < -0.3 is 10.1 Å². The third kappa shape index (κ3) is 5.52. The topological polar surface area (TPSA) is 128 Å². The summed E-state index contributed by atoms with van der Waals surface area (Å²) in [5, 5.41) is 8.38. The Morgan fingerprint density at radius 1 is 1.14 bits per heavy atom. The van der Waals surface area contributed by atoms with Gasteiger partial charge in [-0.2, -0.15) is 0 Å². The summed E-state index contributed by atoms with van der Waals surface area (Å²) in [5.74, 6) is -0.786. The number of hydrogen-bond acceptors (Lipinski definition) is 6. The molecular weight excluding hydrogens is 466 g/mol. The van der Waals surface area contributed by atoms with Crippen molar-refractivity contribution in [3.63, 3.8) is 0 Å². The van der Waals surface area contributed by atoms with Gasteiger partial charge in [0.1, 0.15) is 0 Å². The maximum Gasteiger partial charge on any atom is 0.339 e. The molecule has 9 heteroatoms. The van der Waals surface area contributed by atoms with Crippen LogP contribution < -0.4 is 10.5 Å². The fraction of sp³-hybridized carbons (Fsp3) is 0.346. The first-order valence-electron chi connectivity index (χ1n) is 11.4. The van der Waals surface area contributed by atoms with E-state index >= 15 is 0 Å². The zero-order chi connectivity index (χ0) is 25.4. The van der Waals surface area contributed by atoms with Gasteiger partial charge in [0, 0.05) is 16.8 Å². The SMILES string of the molecule is CC(C)(C)C1CCc2nc3ccccc3c(C(=O)OCC(=O)Nc3cccc(S(N)(=O)=O)c3)c2C1. The standard InChI is InChI=1S/C26H29N3O5S/c1-26(2,3)16-11-12-22-20(13-16)24(19-9-4-5-10-21(19)29-22)25(31)34-15-23(30)28-17-7-6-8-18(14-17)35(27,32)33/h4-10,14,16H,11-13,15H2,1-3H3,(H,28,30)(H2,27,32,33). The monoisotopic (exact) mass is 495 g/mol. The van der Waals surface area contributed by atoms with Gasteiger partial charge in [-0.05, 0) is 60.4 Å². The zero-order valence-electron chi connectivity index (χ0n) is 20.0. The lowest BCUT2D eigenvalue weighted by Crippen LogP contribution is -2.29. The van der Waals surface area contributed by atoms with E-state index in [-0.39, 0.29) is 16.0 Å². The second-order valence-corrected chi connectivity index (χ2v) is 11.5. The number of fused-ring (bicyclic) bond motifs is 2. The zero-order valence-corrected chi connectivity index (χ0v) is 20.8. The molecule has 3 aromatic rings. The number of sulfonamides is 1. The maximum atomic E-state index is 13.3. The number of anilines is 1. The number of primary sulfonamides is 1. The fourth-order valence-corrected chi connectivity index (χ4v) is 5.07. The average molecular weight is 496 g/mol. The number of nitrogens with two attached hydrogens (primary N) is 1. The summed E-state index contributed by atoms with van der Waals surface area (Å²) in [6.07, 6.45) is 2.49. The Bertz CT molecular complexity index is 1410. The predicted octanol–water partition coefficient (Wildman–Crippen LogP) is 3.83. The van der Waals surface area contributed by atoms with Gasteiger partial charge in [0.25, 0.3) is 5.91 Å². The van der Waals surface area contributed by atoms with Gasteiger partial charge in [0.05, 0.1) is 16.0 Å². The number of esters is 1. The van der Waals surface area contributed by atoms with E-state index in [1.807, 2.05) is 24.3 Å². The molecule has 0 saturated heterocycles. The van der Waals surface area contributed by atoms with E-state index in [4.69, 9.17) is 14.9 Å². The van der Waals surface area contributed by atoms with Crippen LogP contribution in [0.2, 0.25) is 0 Å². The molecule has 1 aromatic heterocycles. The van der Waals surface area contributed by atoms with Crippen LogP contribution in [0.15, 0.2) is 53.4 Å². The molecule has 3 N–H and O–H groups in total. The summed E-state index contributed by atoms with van der Waals surface area (Å²) < 4.78 is 28.5. The minimum atomic E-state index is -3.91. The Morgan fingerprint density at radius 3 is 2.60 bits per heavy atom. The van der Waals surface area contributed by atoms with Crippen molar-refractivity contribution in [2.24, 2.45) is 16.5 Å². The van der Waals surface area contributed by atoms with E-state index < -0.39 is 28.5 Å². The summed E-state index contributed by atoms with van der Waals surface area (Å²) >= 11 is 0. The van der Waals surface area contributed by atoms with Gasteiger partial charge in [-0.25, -0.2) is 18.4 Å². The highest BCUT2D eigenvalue weighted by Crippen LogP contribution is 2.39. The fourth-order valence-electron chi connectivity index (χ4n) is 4.51. The van der Waals surface area contributed by atoms with Gasteiger partial charge in [-0.3, -0.25) is 9.78 Å². The van der Waals surface area contributed by atoms with Crippen molar-refractivity contribution in [1.82, 2.24) is 4.98 Å². The molecular formula is C26H29N3O5S. The van der Waals surface area contributed by atoms with Crippen molar-refractivity contribution in [2.75, 3.05) is 11.9 Å². The quantitative estimate of drug-likeness (QED) is 0.518. The summed E-state index contributed by atoms with van der Waals surface area (Å²) in [5.41, 5.74) is 3.29. The van der Waals surface area contributed by atoms with E-state index in [2.05, 4.69) is 26.1 Å². The molecule has 0 saturated carbocycles. The lowest BCUT2D eigenvalue weighted by Gasteiger charge is -2.35. The molecule has 184 valence electrons. The van der Waals surface area contributed by atoms with Crippen molar-refractivity contribution < 1.29 is 22.7 Å². The van der Waals surface area contributed by atoms with Crippen molar-refractivity contribution in [1.29, 1.82) is 0 Å². The Labute approximate surface area is 204 Å². The lowest BCUT2D eigenvalue weighted by atomic mass is 9.70. The predicted molar refractivity (Wildman–Crippen MR) is 133 cm³/mol. The van der Waals surface area contributed by atoms with E-state index in [0.29, 0.717) is 23.3 Å². The number of nitrogens with zero attached hydrogens (tertiary/aromatic N) is 1. The first kappa shape index (κ1) is 24.8. The molecule has 4 rings (SSSR count). The number of aryl methyl sites for hydroxylation is 1. The first-order valence-corrected chi connectivity index (χ1v) is 13.0. The number of aromatic nitrogens is 1. The van der Waals surface area contributed by atoms with Crippen LogP contribution in [0.5, 0.6) is 0 Å². The van der Waals surface area contributed by atoms with Crippen molar-refractivity contribution in [2.45, 2.75) is 44.9 Å². The number of pyridine rings is 1. The summed E-state index contributed by atoms with van der Waals surface area (Å²) in [7, 11) is -3.91. The highest BCUT2D eigenvalue weighted by Gasteiger charge is 2.33. The molecule has 0 fully saturated rings. The van der Waals surface area contributed by atoms with Crippen LogP contribution in [0.1, 0.15) is 48.8 Å². The number of benzene rings is 2. The number of amides is 1. The van der Waals surface area contributed by atoms with Gasteiger partial charge in [-0.15, -0.1) is 0 Å². The third-order valence-corrected chi connectivity index (χ3v) is 7.38. The molecule has 0 spiro atoms. The molecule has 1 heterocycles. The number of hydrogen-bond donors (Lipinski definition) is 2. The van der Waals surface area contributed by atoms with E-state index in [1.165, 1.54) is 24.3 Å². The second-order valence-electron chi connectivity index (χ2n) is 9.93. The molecule has 1 atom stereocenters. The van der Waals surface area contributed by atoms with Crippen LogP contribution in [0.4, 0.5) is 5.69 Å². The van der Waals surface area contributed by atoms with Crippen molar-refractivity contribution in [3.05, 3.63) is 65.4 Å². The summed E-state index contributed by atoms with van der Waals surface area (Å²) in [6, 6.07) is 13.0. The van der Waals surface area contributed by atoms with Crippen LogP contribution in [-0.4, -0.2) is 31.9 Å². The first-order chi connectivity index (χ1) is 16.4. The van der Waals surface area contributed by atoms with Crippen LogP contribution in [-0.2, 0) is 32.4 Å². The summed E-state index contributed by atoms with van der Waals surface area (Å²) in [6.45, 7) is 6.08. The minimum Gasteiger partial charge on any atom is -0.452 e. The number of carbonyl (C=O) groups is 2. The van der Waals surface area contributed by atoms with Gasteiger partial charge in [0.15, 0.2) is 6.61 Å². The Kier molecular flexibility index (Phi) is 6.66. The normalized spacial score (nSPS) is 15.9. The molecule has 0 radical (unpaired) electrons. The number of rotatable bonds is 5. The highest BCUT2D eigenvalue weighted by molar-refractivity contribution is 7.89. The largest absolute Gasteiger partial charge is 0.452 e. The number of ether oxygens (including phenoxy) is 1. The van der Waals surface area contributed by atoms with Crippen molar-refractivity contribution in [3.8, 4) is 0 Å². The van der Waals surface area contributed by atoms with Crippen LogP contribution in [0.25, 0.3) is 10.9 Å². The lowest BCUT2D eigenvalue weighted by molar-refractivity contribution is -0.119. The van der Waals surface area contributed by atoms with E-state index in [9.17, 15) is 18.0 Å². The Balaban J connectivity index is 1.57. The molecule has 1 aliphatic carbocycles. The Hall–Kier alpha value is -3.30. The van der Waals surface area contributed by atoms with Crippen LogP contribution in [0.3, 0.4) is 0 Å². The molecule has 2 aromatic carbocycles. The molecule has 1 amide bonds. The number of para-hydroxylation sites is 1. The second kappa shape index (κ2) is 9.39. The maximum absolute atomic E-state index is 13.3. The number of carbonyl (C=O) groups excluding carboxylic acids is 2. The Morgan fingerprint density at radius 2 is 1.89 bits per heavy atom. The van der Waals surface area contributed by atoms with Crippen LogP contribution >= 0.6 is 0 Å². The minimum absolute atomic E-state index is 0.0793. The van der Waals surface area contributed by atoms with E-state index in [0.717, 1.165) is 29.6 Å². The molecule has 0 aliphatic heterocycles. The molecule has 1 aliphatic rings. The molecule has 8 nitrogen and oxygen atoms in total. The van der Waals surface area contributed by atoms with E-state index in [1.54, 1.807) is 0 Å². The third-order valence-electron chi connectivity index (χ3n) is 6.47. The molecule has 0 bridgehead atoms. The average Bonchev–Trinajstić information content (AvgIpc) is 2.79. The summed E-state index contributed by atoms with van der Waals surface area (Å²) in [4.78, 5) is 30.4. The van der Waals surface area contributed by atoms with Gasteiger partial charge >= 0.3 is 5.97 Å². The highest BCUT2D eigenvalue weighted by atomic mass is 32.2. The van der Waals surface area contributed by atoms with Gasteiger partial charge in [-0.1, -0.05) is 45.0 Å². The van der Waals surface area contributed by atoms with Crippen LogP contribution in [0, 0.1) is 11.3 Å². The van der Waals surface area contributed by atoms with Gasteiger partial charge in [0.2, 0.25) is 10.0 Å². The molecule has 1 unspecified atom stereocenters. The number of nitrogens with one attached hydrogen (secondary N) is 1.